The molecular formula is C16H16N2O2S. The molecular weight excluding hydrogens is 284 g/mol. The number of nitrogens with one attached hydrogen (secondary N) is 1. The monoisotopic (exact) mass is 300 g/mol. The Kier molecular flexibility index (Phi) is 4.10. The van der Waals surface area contributed by atoms with Crippen molar-refractivity contribution in [3.63, 3.8) is 0 Å². The molecule has 1 saturated carbocycles. The second-order valence-corrected chi connectivity index (χ2v) is 6.18. The van der Waals surface area contributed by atoms with Crippen molar-refractivity contribution in [3.8, 4) is 0 Å². The first-order valence-electron chi connectivity index (χ1n) is 6.94. The maximum Gasteiger partial charge on any atom is 0.252 e. The van der Waals surface area contributed by atoms with E-state index < -0.39 is 5.25 Å². The third kappa shape index (κ3) is 3.55. The van der Waals surface area contributed by atoms with Gasteiger partial charge in [-0.15, -0.1) is 0 Å². The summed E-state index contributed by atoms with van der Waals surface area (Å²) in [6, 6.07) is 15.1. The highest BCUT2D eigenvalue weighted by atomic mass is 32.2. The van der Waals surface area contributed by atoms with Crippen molar-refractivity contribution >= 4 is 17.7 Å². The molecule has 1 N–H and O–H groups in total. The average molecular weight is 300 g/mol. The number of hydrogen-bond acceptors (Lipinski definition) is 3. The highest BCUT2D eigenvalue weighted by Crippen LogP contribution is 2.34. The van der Waals surface area contributed by atoms with Gasteiger partial charge in [0.15, 0.2) is 6.20 Å². The van der Waals surface area contributed by atoms with E-state index in [0.29, 0.717) is 11.1 Å². The Labute approximate surface area is 127 Å². The molecule has 1 fully saturated rings. The molecule has 3 rings (SSSR count). The van der Waals surface area contributed by atoms with Gasteiger partial charge in [-0.05, 0) is 36.2 Å². The number of pyridine rings is 1. The molecule has 1 atom stereocenters. The summed E-state index contributed by atoms with van der Waals surface area (Å²) >= 11 is 1.28. The van der Waals surface area contributed by atoms with Crippen molar-refractivity contribution in [2.75, 3.05) is 0 Å². The molecule has 1 aliphatic carbocycles. The Morgan fingerprint density at radius 1 is 1.19 bits per heavy atom. The highest BCUT2D eigenvalue weighted by Gasteiger charge is 2.30. The second-order valence-electron chi connectivity index (χ2n) is 5.06. The Balaban J connectivity index is 1.85. The molecule has 0 unspecified atom stereocenters. The minimum Gasteiger partial charge on any atom is -0.618 e. The number of benzene rings is 1. The summed E-state index contributed by atoms with van der Waals surface area (Å²) in [7, 11) is 0. The first kappa shape index (κ1) is 13.9. The summed E-state index contributed by atoms with van der Waals surface area (Å²) in [4.78, 5) is 12.5. The van der Waals surface area contributed by atoms with Crippen LogP contribution in [-0.4, -0.2) is 11.9 Å². The number of carbonyl (C=O) groups is 1. The zero-order valence-electron chi connectivity index (χ0n) is 11.4. The van der Waals surface area contributed by atoms with E-state index >= 15 is 0 Å². The fraction of sp³-hybridized carbons (Fsp3) is 0.250. The lowest BCUT2D eigenvalue weighted by Gasteiger charge is -2.16. The number of hydrogen-bond donors (Lipinski definition) is 1. The van der Waals surface area contributed by atoms with Gasteiger partial charge in [-0.3, -0.25) is 4.79 Å². The van der Waals surface area contributed by atoms with Crippen LogP contribution in [0.15, 0.2) is 59.8 Å². The molecule has 1 aliphatic rings. The molecule has 1 aromatic heterocycles. The molecule has 108 valence electrons. The lowest BCUT2D eigenvalue weighted by Crippen LogP contribution is -2.32. The fourth-order valence-electron chi connectivity index (χ4n) is 2.03. The number of aromatic nitrogens is 1. The van der Waals surface area contributed by atoms with Crippen LogP contribution in [0.4, 0.5) is 0 Å². The van der Waals surface area contributed by atoms with Gasteiger partial charge < -0.3 is 10.5 Å². The van der Waals surface area contributed by atoms with Gasteiger partial charge in [-0.1, -0.05) is 30.3 Å². The smallest absolute Gasteiger partial charge is 0.252 e. The lowest BCUT2D eigenvalue weighted by atomic mass is 10.1. The zero-order valence-corrected chi connectivity index (χ0v) is 12.3. The second kappa shape index (κ2) is 6.18. The molecule has 21 heavy (non-hydrogen) atoms. The van der Waals surface area contributed by atoms with Crippen molar-refractivity contribution in [1.82, 2.24) is 5.32 Å². The molecule has 1 amide bonds. The van der Waals surface area contributed by atoms with Crippen LogP contribution in [0, 0.1) is 5.21 Å². The predicted molar refractivity (Wildman–Crippen MR) is 81.6 cm³/mol. The third-order valence-corrected chi connectivity index (χ3v) is 4.57. The quantitative estimate of drug-likeness (QED) is 0.524. The van der Waals surface area contributed by atoms with E-state index in [1.54, 1.807) is 18.2 Å². The van der Waals surface area contributed by atoms with Crippen molar-refractivity contribution in [2.45, 2.75) is 29.2 Å². The van der Waals surface area contributed by atoms with Gasteiger partial charge in [0.2, 0.25) is 5.91 Å². The van der Waals surface area contributed by atoms with E-state index in [1.807, 2.05) is 30.3 Å². The Hall–Kier alpha value is -2.01. The Bertz CT molecular complexity index is 629. The van der Waals surface area contributed by atoms with E-state index in [-0.39, 0.29) is 5.91 Å². The van der Waals surface area contributed by atoms with Gasteiger partial charge in [-0.25, -0.2) is 0 Å². The van der Waals surface area contributed by atoms with Crippen molar-refractivity contribution in [2.24, 2.45) is 0 Å². The minimum absolute atomic E-state index is 0.0300. The molecule has 0 spiro atoms. The van der Waals surface area contributed by atoms with Crippen LogP contribution < -0.4 is 10.0 Å². The normalized spacial score (nSPS) is 15.4. The molecule has 0 radical (unpaired) electrons. The SMILES string of the molecule is O=C(NC1CC1)[C@@H](Sc1cccc[n+]1[O-])c1ccccc1. The number of thioether (sulfide) groups is 1. The summed E-state index contributed by atoms with van der Waals surface area (Å²) < 4.78 is 0.797. The standard InChI is InChI=1S/C16H16N2O2S/c19-16(17-13-9-10-13)15(12-6-2-1-3-7-12)21-14-8-4-5-11-18(14)20/h1-8,11,13,15H,9-10H2,(H,17,19)/t15-/m0/s1. The molecule has 4 nitrogen and oxygen atoms in total. The van der Waals surface area contributed by atoms with Gasteiger partial charge in [0.05, 0.1) is 0 Å². The van der Waals surface area contributed by atoms with Crippen LogP contribution in [0.25, 0.3) is 0 Å². The summed E-state index contributed by atoms with van der Waals surface area (Å²) in [5, 5.41) is 14.9. The summed E-state index contributed by atoms with van der Waals surface area (Å²) in [5.74, 6) is -0.0300. The molecule has 1 aromatic carbocycles. The summed E-state index contributed by atoms with van der Waals surface area (Å²) in [6.07, 6.45) is 3.54. The Morgan fingerprint density at radius 2 is 1.90 bits per heavy atom. The van der Waals surface area contributed by atoms with Crippen LogP contribution in [0.2, 0.25) is 0 Å². The maximum atomic E-state index is 12.5. The predicted octanol–water partition coefficient (Wildman–Crippen LogP) is 2.43. The molecule has 2 aromatic rings. The van der Waals surface area contributed by atoms with Crippen molar-refractivity contribution < 1.29 is 9.52 Å². The van der Waals surface area contributed by atoms with Gasteiger partial charge >= 0.3 is 0 Å². The van der Waals surface area contributed by atoms with E-state index in [1.165, 1.54) is 18.0 Å². The number of nitrogens with zero attached hydrogens (tertiary/aromatic N) is 1. The first-order chi connectivity index (χ1) is 10.2. The number of rotatable bonds is 5. The van der Waals surface area contributed by atoms with E-state index in [2.05, 4.69) is 5.32 Å². The number of amides is 1. The van der Waals surface area contributed by atoms with Gasteiger partial charge in [0, 0.05) is 18.2 Å². The topological polar surface area (TPSA) is 56.0 Å². The highest BCUT2D eigenvalue weighted by molar-refractivity contribution is 8.00. The molecule has 0 bridgehead atoms. The Morgan fingerprint density at radius 3 is 2.57 bits per heavy atom. The van der Waals surface area contributed by atoms with Crippen LogP contribution in [0.5, 0.6) is 0 Å². The summed E-state index contributed by atoms with van der Waals surface area (Å²) in [6.45, 7) is 0. The van der Waals surface area contributed by atoms with Crippen LogP contribution in [-0.2, 0) is 4.79 Å². The van der Waals surface area contributed by atoms with Gasteiger partial charge in [-0.2, -0.15) is 4.73 Å². The van der Waals surface area contributed by atoms with Gasteiger partial charge in [0.25, 0.3) is 5.03 Å². The average Bonchev–Trinajstić information content (AvgIpc) is 3.31. The van der Waals surface area contributed by atoms with E-state index in [9.17, 15) is 10.0 Å². The molecule has 0 aliphatic heterocycles. The lowest BCUT2D eigenvalue weighted by molar-refractivity contribution is -0.645. The van der Waals surface area contributed by atoms with Crippen molar-refractivity contribution in [3.05, 3.63) is 65.5 Å². The molecule has 5 heteroatoms. The maximum absolute atomic E-state index is 12.5. The molecule has 1 heterocycles. The third-order valence-electron chi connectivity index (χ3n) is 3.29. The van der Waals surface area contributed by atoms with Crippen molar-refractivity contribution in [1.29, 1.82) is 0 Å². The van der Waals surface area contributed by atoms with E-state index in [0.717, 1.165) is 23.1 Å². The van der Waals surface area contributed by atoms with Crippen LogP contribution >= 0.6 is 11.8 Å². The van der Waals surface area contributed by atoms with Gasteiger partial charge in [0.1, 0.15) is 5.25 Å². The largest absolute Gasteiger partial charge is 0.618 e. The number of carbonyl (C=O) groups excluding carboxylic acids is 1. The first-order valence-corrected chi connectivity index (χ1v) is 7.82. The van der Waals surface area contributed by atoms with Crippen LogP contribution in [0.1, 0.15) is 23.7 Å². The zero-order chi connectivity index (χ0) is 14.7. The summed E-state index contributed by atoms with van der Waals surface area (Å²) in [5.41, 5.74) is 0.907. The minimum atomic E-state index is -0.408. The van der Waals surface area contributed by atoms with Crippen LogP contribution in [0.3, 0.4) is 0 Å². The van der Waals surface area contributed by atoms with E-state index in [4.69, 9.17) is 0 Å². The fourth-order valence-corrected chi connectivity index (χ4v) is 3.06. The molecule has 0 saturated heterocycles.